The number of fused-ring (bicyclic) bond motifs is 3. The molecule has 0 radical (unpaired) electrons. The number of benzene rings is 2. The lowest BCUT2D eigenvalue weighted by Crippen LogP contribution is -2.43. The molecule has 0 aromatic heterocycles. The fourth-order valence-electron chi connectivity index (χ4n) is 4.56. The van der Waals surface area contributed by atoms with Gasteiger partial charge in [-0.05, 0) is 35.1 Å². The van der Waals surface area contributed by atoms with Gasteiger partial charge in [0.1, 0.15) is 12.6 Å². The number of carbonyl (C=O) groups is 3. The molecule has 1 fully saturated rings. The van der Waals surface area contributed by atoms with Crippen LogP contribution >= 0.6 is 0 Å². The molecule has 1 aliphatic carbocycles. The Morgan fingerprint density at radius 2 is 1.69 bits per heavy atom. The number of aliphatic carboxylic acids is 1. The van der Waals surface area contributed by atoms with Gasteiger partial charge in [-0.3, -0.25) is 4.79 Å². The Balaban J connectivity index is 1.27. The van der Waals surface area contributed by atoms with Gasteiger partial charge < -0.3 is 25.2 Å². The SMILES string of the molecule is O=C(NCC(O)CC(=O)N1CCC[C@@H]1C(=O)O)OCC1c2ccccc2-c2ccccc21. The van der Waals surface area contributed by atoms with Crippen molar-refractivity contribution < 1.29 is 29.3 Å². The Labute approximate surface area is 185 Å². The van der Waals surface area contributed by atoms with Gasteiger partial charge in [-0.15, -0.1) is 0 Å². The van der Waals surface area contributed by atoms with Gasteiger partial charge in [-0.25, -0.2) is 9.59 Å². The van der Waals surface area contributed by atoms with Crippen LogP contribution in [0.2, 0.25) is 0 Å². The molecule has 0 spiro atoms. The highest BCUT2D eigenvalue weighted by Gasteiger charge is 2.34. The third-order valence-electron chi connectivity index (χ3n) is 6.09. The number of nitrogens with zero attached hydrogens (tertiary/aromatic N) is 1. The number of hydrogen-bond acceptors (Lipinski definition) is 5. The van der Waals surface area contributed by atoms with E-state index < -0.39 is 30.1 Å². The molecule has 2 amide bonds. The van der Waals surface area contributed by atoms with Crippen LogP contribution in [0.1, 0.15) is 36.3 Å². The van der Waals surface area contributed by atoms with E-state index >= 15 is 0 Å². The maximum Gasteiger partial charge on any atom is 0.407 e. The number of aliphatic hydroxyl groups is 1. The van der Waals surface area contributed by atoms with Crippen molar-refractivity contribution in [1.82, 2.24) is 10.2 Å². The zero-order valence-corrected chi connectivity index (χ0v) is 17.6. The molecule has 8 heteroatoms. The first-order valence-corrected chi connectivity index (χ1v) is 10.7. The van der Waals surface area contributed by atoms with E-state index in [1.807, 2.05) is 36.4 Å². The summed E-state index contributed by atoms with van der Waals surface area (Å²) < 4.78 is 5.41. The minimum absolute atomic E-state index is 0.0669. The van der Waals surface area contributed by atoms with E-state index in [0.29, 0.717) is 19.4 Å². The first kappa shape index (κ1) is 21.8. The summed E-state index contributed by atoms with van der Waals surface area (Å²) in [7, 11) is 0. The standard InChI is InChI=1S/C24H26N2O6/c27-15(12-22(28)26-11-5-10-21(26)23(29)30)13-25-24(31)32-14-20-18-8-3-1-6-16(18)17-7-2-4-9-19(17)20/h1-4,6-9,15,20-21,27H,5,10-14H2,(H,25,31)(H,29,30)/t15?,21-/m1/s1. The van der Waals surface area contributed by atoms with E-state index in [2.05, 4.69) is 17.4 Å². The first-order chi connectivity index (χ1) is 15.5. The number of alkyl carbamates (subject to hydrolysis) is 1. The lowest BCUT2D eigenvalue weighted by molar-refractivity contribution is -0.149. The van der Waals surface area contributed by atoms with Gasteiger partial charge in [0.2, 0.25) is 5.91 Å². The van der Waals surface area contributed by atoms with E-state index in [-0.39, 0.29) is 25.5 Å². The Bertz CT molecular complexity index is 978. The molecule has 3 N–H and O–H groups in total. The normalized spacial score (nSPS) is 18.0. The molecule has 0 saturated carbocycles. The number of amides is 2. The molecule has 1 unspecified atom stereocenters. The van der Waals surface area contributed by atoms with Gasteiger partial charge in [0.15, 0.2) is 0 Å². The van der Waals surface area contributed by atoms with Gasteiger partial charge in [0.25, 0.3) is 0 Å². The first-order valence-electron chi connectivity index (χ1n) is 10.7. The smallest absolute Gasteiger partial charge is 0.407 e. The third kappa shape index (κ3) is 4.45. The predicted molar refractivity (Wildman–Crippen MR) is 116 cm³/mol. The van der Waals surface area contributed by atoms with E-state index in [1.165, 1.54) is 4.90 Å². The summed E-state index contributed by atoms with van der Waals surface area (Å²) in [5.74, 6) is -1.54. The second kappa shape index (κ2) is 9.40. The topological polar surface area (TPSA) is 116 Å². The van der Waals surface area contributed by atoms with Crippen molar-refractivity contribution in [2.75, 3.05) is 19.7 Å². The summed E-state index contributed by atoms with van der Waals surface area (Å²) in [5, 5.41) is 21.8. The summed E-state index contributed by atoms with van der Waals surface area (Å²) in [6.07, 6.45) is -1.03. The van der Waals surface area contributed by atoms with Crippen LogP contribution in [-0.4, -0.2) is 64.9 Å². The van der Waals surface area contributed by atoms with Crippen molar-refractivity contribution in [3.63, 3.8) is 0 Å². The monoisotopic (exact) mass is 438 g/mol. The number of likely N-dealkylation sites (tertiary alicyclic amines) is 1. The third-order valence-corrected chi connectivity index (χ3v) is 6.09. The van der Waals surface area contributed by atoms with Gasteiger partial charge >= 0.3 is 12.1 Å². The summed E-state index contributed by atoms with van der Waals surface area (Å²) in [5.41, 5.74) is 4.47. The number of hydrogen-bond donors (Lipinski definition) is 3. The van der Waals surface area contributed by atoms with Crippen LogP contribution < -0.4 is 5.32 Å². The fraction of sp³-hybridized carbons (Fsp3) is 0.375. The van der Waals surface area contributed by atoms with Crippen LogP contribution in [0.25, 0.3) is 11.1 Å². The maximum atomic E-state index is 12.3. The number of carbonyl (C=O) groups excluding carboxylic acids is 2. The van der Waals surface area contributed by atoms with Crippen LogP contribution in [-0.2, 0) is 14.3 Å². The highest BCUT2D eigenvalue weighted by atomic mass is 16.5. The zero-order chi connectivity index (χ0) is 22.7. The van der Waals surface area contributed by atoms with Crippen LogP contribution in [0.15, 0.2) is 48.5 Å². The van der Waals surface area contributed by atoms with Crippen molar-refractivity contribution in [3.05, 3.63) is 59.7 Å². The number of carboxylic acids is 1. The second-order valence-corrected chi connectivity index (χ2v) is 8.15. The summed E-state index contributed by atoms with van der Waals surface area (Å²) in [6.45, 7) is 0.360. The summed E-state index contributed by atoms with van der Waals surface area (Å²) >= 11 is 0. The molecule has 8 nitrogen and oxygen atoms in total. The Kier molecular flexibility index (Phi) is 6.41. The molecule has 1 heterocycles. The second-order valence-electron chi connectivity index (χ2n) is 8.15. The van der Waals surface area contributed by atoms with Gasteiger partial charge in [-0.2, -0.15) is 0 Å². The molecule has 4 rings (SSSR count). The number of ether oxygens (including phenoxy) is 1. The van der Waals surface area contributed by atoms with Crippen LogP contribution in [0, 0.1) is 0 Å². The van der Waals surface area contributed by atoms with E-state index in [4.69, 9.17) is 4.74 Å². The molecular formula is C24H26N2O6. The number of nitrogens with one attached hydrogen (secondary N) is 1. The average molecular weight is 438 g/mol. The van der Waals surface area contributed by atoms with Gasteiger partial charge in [0.05, 0.1) is 12.5 Å². The Morgan fingerprint density at radius 3 is 2.31 bits per heavy atom. The molecule has 168 valence electrons. The molecule has 1 saturated heterocycles. The fourth-order valence-corrected chi connectivity index (χ4v) is 4.56. The zero-order valence-electron chi connectivity index (χ0n) is 17.6. The average Bonchev–Trinajstić information content (AvgIpc) is 3.40. The van der Waals surface area contributed by atoms with Crippen LogP contribution in [0.5, 0.6) is 0 Å². The molecular weight excluding hydrogens is 412 g/mol. The predicted octanol–water partition coefficient (Wildman–Crippen LogP) is 2.35. The summed E-state index contributed by atoms with van der Waals surface area (Å²) in [6, 6.07) is 15.2. The molecule has 2 aliphatic rings. The molecule has 32 heavy (non-hydrogen) atoms. The molecule has 0 bridgehead atoms. The van der Waals surface area contributed by atoms with Crippen molar-refractivity contribution in [3.8, 4) is 11.1 Å². The maximum absolute atomic E-state index is 12.3. The Morgan fingerprint density at radius 1 is 1.06 bits per heavy atom. The molecule has 1 aliphatic heterocycles. The molecule has 2 aromatic carbocycles. The molecule has 2 atom stereocenters. The Hall–Kier alpha value is -3.39. The summed E-state index contributed by atoms with van der Waals surface area (Å²) in [4.78, 5) is 37.0. The van der Waals surface area contributed by atoms with Crippen molar-refractivity contribution in [1.29, 1.82) is 0 Å². The van der Waals surface area contributed by atoms with Crippen molar-refractivity contribution in [2.45, 2.75) is 37.3 Å². The van der Waals surface area contributed by atoms with E-state index in [9.17, 15) is 24.6 Å². The quantitative estimate of drug-likeness (QED) is 0.611. The van der Waals surface area contributed by atoms with Gasteiger partial charge in [-0.1, -0.05) is 48.5 Å². The lowest BCUT2D eigenvalue weighted by Gasteiger charge is -2.23. The molecule has 2 aromatic rings. The highest BCUT2D eigenvalue weighted by molar-refractivity contribution is 5.84. The number of aliphatic hydroxyl groups excluding tert-OH is 1. The largest absolute Gasteiger partial charge is 0.480 e. The van der Waals surface area contributed by atoms with Crippen LogP contribution in [0.3, 0.4) is 0 Å². The number of carboxylic acid groups (broad SMARTS) is 1. The minimum atomic E-state index is -1.13. The van der Waals surface area contributed by atoms with E-state index in [1.54, 1.807) is 0 Å². The number of rotatable bonds is 7. The minimum Gasteiger partial charge on any atom is -0.480 e. The van der Waals surface area contributed by atoms with Crippen molar-refractivity contribution >= 4 is 18.0 Å². The van der Waals surface area contributed by atoms with Crippen molar-refractivity contribution in [2.24, 2.45) is 0 Å². The highest BCUT2D eigenvalue weighted by Crippen LogP contribution is 2.44. The van der Waals surface area contributed by atoms with E-state index in [0.717, 1.165) is 22.3 Å². The lowest BCUT2D eigenvalue weighted by atomic mass is 9.98. The van der Waals surface area contributed by atoms with Gasteiger partial charge in [0, 0.05) is 19.0 Å². The van der Waals surface area contributed by atoms with Crippen LogP contribution in [0.4, 0.5) is 4.79 Å².